The van der Waals surface area contributed by atoms with E-state index in [4.69, 9.17) is 0 Å². The van der Waals surface area contributed by atoms with Gasteiger partial charge in [0.25, 0.3) is 0 Å². The van der Waals surface area contributed by atoms with Gasteiger partial charge in [0.15, 0.2) is 0 Å². The van der Waals surface area contributed by atoms with Crippen molar-refractivity contribution in [1.29, 1.82) is 0 Å². The molecule has 0 bridgehead atoms. The molecule has 6 heteroatoms. The number of nitrogens with zero attached hydrogens (tertiary/aromatic N) is 3. The first-order valence-electron chi connectivity index (χ1n) is 7.13. The Balaban J connectivity index is 1.69. The molecule has 1 saturated heterocycles. The molecule has 22 heavy (non-hydrogen) atoms. The van der Waals surface area contributed by atoms with E-state index in [1.165, 1.54) is 6.07 Å². The van der Waals surface area contributed by atoms with Crippen molar-refractivity contribution in [2.24, 2.45) is 0 Å². The van der Waals surface area contributed by atoms with E-state index in [-0.39, 0.29) is 0 Å². The van der Waals surface area contributed by atoms with Gasteiger partial charge in [-0.05, 0) is 24.3 Å². The summed E-state index contributed by atoms with van der Waals surface area (Å²) in [5, 5.41) is 0. The summed E-state index contributed by atoms with van der Waals surface area (Å²) in [5.74, 6) is 0.391. The standard InChI is InChI=1S/C16H16F3N3/c17-16(18,19)14-7-4-8-15(20-14)22-11-9-21(10-12-22)13-5-2-1-3-6-13/h1-8H,9-12H2. The number of rotatable bonds is 2. The Kier molecular flexibility index (Phi) is 3.92. The van der Waals surface area contributed by atoms with Crippen LogP contribution in [0.2, 0.25) is 0 Å². The lowest BCUT2D eigenvalue weighted by Crippen LogP contribution is -2.46. The van der Waals surface area contributed by atoms with E-state index in [2.05, 4.69) is 9.88 Å². The van der Waals surface area contributed by atoms with Crippen molar-refractivity contribution in [2.45, 2.75) is 6.18 Å². The second kappa shape index (κ2) is 5.87. The summed E-state index contributed by atoms with van der Waals surface area (Å²) in [6.45, 7) is 2.84. The smallest absolute Gasteiger partial charge is 0.368 e. The van der Waals surface area contributed by atoms with Gasteiger partial charge in [-0.15, -0.1) is 0 Å². The van der Waals surface area contributed by atoms with Gasteiger partial charge in [-0.1, -0.05) is 24.3 Å². The molecule has 3 nitrogen and oxygen atoms in total. The van der Waals surface area contributed by atoms with Crippen LogP contribution in [0.4, 0.5) is 24.7 Å². The summed E-state index contributed by atoms with van der Waals surface area (Å²) in [7, 11) is 0. The van der Waals surface area contributed by atoms with Crippen LogP contribution in [-0.2, 0) is 6.18 Å². The predicted molar refractivity (Wildman–Crippen MR) is 80.1 cm³/mol. The maximum Gasteiger partial charge on any atom is 0.433 e. The number of halogens is 3. The van der Waals surface area contributed by atoms with Gasteiger partial charge in [-0.3, -0.25) is 0 Å². The molecule has 0 spiro atoms. The quantitative estimate of drug-likeness (QED) is 0.847. The minimum atomic E-state index is -4.40. The molecule has 2 aromatic rings. The molecule has 1 aromatic heterocycles. The zero-order valence-electron chi connectivity index (χ0n) is 11.9. The molecule has 0 amide bonds. The lowest BCUT2D eigenvalue weighted by Gasteiger charge is -2.36. The van der Waals surface area contributed by atoms with E-state index < -0.39 is 11.9 Å². The Morgan fingerprint density at radius 3 is 2.05 bits per heavy atom. The lowest BCUT2D eigenvalue weighted by atomic mass is 10.2. The van der Waals surface area contributed by atoms with Crippen molar-refractivity contribution >= 4 is 11.5 Å². The van der Waals surface area contributed by atoms with Crippen molar-refractivity contribution in [3.05, 3.63) is 54.2 Å². The number of aromatic nitrogens is 1. The van der Waals surface area contributed by atoms with Gasteiger partial charge in [-0.2, -0.15) is 13.2 Å². The Morgan fingerprint density at radius 1 is 0.773 bits per heavy atom. The Labute approximate surface area is 127 Å². The van der Waals surface area contributed by atoms with E-state index >= 15 is 0 Å². The van der Waals surface area contributed by atoms with Gasteiger partial charge in [0, 0.05) is 31.9 Å². The van der Waals surface area contributed by atoms with E-state index in [1.807, 2.05) is 35.2 Å². The zero-order valence-corrected chi connectivity index (χ0v) is 11.9. The molecule has 1 aliphatic heterocycles. The SMILES string of the molecule is FC(F)(F)c1cccc(N2CCN(c3ccccc3)CC2)n1. The van der Waals surface area contributed by atoms with E-state index in [9.17, 15) is 13.2 Å². The summed E-state index contributed by atoms with van der Waals surface area (Å²) < 4.78 is 38.2. The number of hydrogen-bond acceptors (Lipinski definition) is 3. The van der Waals surface area contributed by atoms with Crippen LogP contribution in [0.15, 0.2) is 48.5 Å². The minimum Gasteiger partial charge on any atom is -0.368 e. The molecule has 0 radical (unpaired) electrons. The minimum absolute atomic E-state index is 0.391. The number of pyridine rings is 1. The number of hydrogen-bond donors (Lipinski definition) is 0. The topological polar surface area (TPSA) is 19.4 Å². The van der Waals surface area contributed by atoms with Crippen LogP contribution in [0.3, 0.4) is 0 Å². The third-order valence-electron chi connectivity index (χ3n) is 3.75. The molecule has 1 fully saturated rings. The van der Waals surface area contributed by atoms with Crippen molar-refractivity contribution in [1.82, 2.24) is 4.98 Å². The molecule has 1 aromatic carbocycles. The summed E-state index contributed by atoms with van der Waals surface area (Å²) in [6.07, 6.45) is -4.40. The molecule has 0 unspecified atom stereocenters. The first-order valence-corrected chi connectivity index (χ1v) is 7.13. The average molecular weight is 307 g/mol. The van der Waals surface area contributed by atoms with Gasteiger partial charge in [0.2, 0.25) is 0 Å². The fourth-order valence-electron chi connectivity index (χ4n) is 2.59. The maximum atomic E-state index is 12.7. The second-order valence-corrected chi connectivity index (χ2v) is 5.19. The van der Waals surface area contributed by atoms with Gasteiger partial charge in [0.1, 0.15) is 11.5 Å². The monoisotopic (exact) mass is 307 g/mol. The molecule has 0 aliphatic carbocycles. The van der Waals surface area contributed by atoms with E-state index in [0.29, 0.717) is 18.9 Å². The summed E-state index contributed by atoms with van der Waals surface area (Å²) >= 11 is 0. The third-order valence-corrected chi connectivity index (χ3v) is 3.75. The van der Waals surface area contributed by atoms with Crippen LogP contribution >= 0.6 is 0 Å². The normalized spacial score (nSPS) is 16.0. The zero-order chi connectivity index (χ0) is 15.6. The van der Waals surface area contributed by atoms with Crippen LogP contribution in [0.1, 0.15) is 5.69 Å². The van der Waals surface area contributed by atoms with Gasteiger partial charge in [-0.25, -0.2) is 4.98 Å². The number of piperazine rings is 1. The average Bonchev–Trinajstić information content (AvgIpc) is 2.55. The van der Waals surface area contributed by atoms with Crippen molar-refractivity contribution in [3.63, 3.8) is 0 Å². The highest BCUT2D eigenvalue weighted by atomic mass is 19.4. The number of anilines is 2. The molecular formula is C16H16F3N3. The highest BCUT2D eigenvalue weighted by Crippen LogP contribution is 2.29. The molecule has 116 valence electrons. The molecule has 0 saturated carbocycles. The highest BCUT2D eigenvalue weighted by Gasteiger charge is 2.33. The summed E-state index contributed by atoms with van der Waals surface area (Å²) in [4.78, 5) is 7.87. The van der Waals surface area contributed by atoms with Crippen molar-refractivity contribution in [2.75, 3.05) is 36.0 Å². The van der Waals surface area contributed by atoms with Crippen LogP contribution in [-0.4, -0.2) is 31.2 Å². The first-order chi connectivity index (χ1) is 10.5. The fraction of sp³-hybridized carbons (Fsp3) is 0.312. The van der Waals surface area contributed by atoms with Gasteiger partial charge < -0.3 is 9.80 Å². The molecule has 3 rings (SSSR count). The van der Waals surface area contributed by atoms with Crippen LogP contribution in [0.5, 0.6) is 0 Å². The van der Waals surface area contributed by atoms with Crippen molar-refractivity contribution < 1.29 is 13.2 Å². The van der Waals surface area contributed by atoms with Gasteiger partial charge >= 0.3 is 6.18 Å². The van der Waals surface area contributed by atoms with Gasteiger partial charge in [0.05, 0.1) is 0 Å². The Bertz CT molecular complexity index is 620. The number of para-hydroxylation sites is 1. The van der Waals surface area contributed by atoms with E-state index in [1.54, 1.807) is 6.07 Å². The molecule has 0 N–H and O–H groups in total. The summed E-state index contributed by atoms with van der Waals surface area (Å²) in [6, 6.07) is 14.1. The van der Waals surface area contributed by atoms with Crippen LogP contribution < -0.4 is 9.80 Å². The molecule has 2 heterocycles. The third kappa shape index (κ3) is 3.16. The Morgan fingerprint density at radius 2 is 1.41 bits per heavy atom. The molecule has 0 atom stereocenters. The second-order valence-electron chi connectivity index (χ2n) is 5.19. The maximum absolute atomic E-state index is 12.7. The van der Waals surface area contributed by atoms with E-state index in [0.717, 1.165) is 24.8 Å². The number of benzene rings is 1. The first kappa shape index (κ1) is 14.7. The summed E-state index contributed by atoms with van der Waals surface area (Å²) in [5.41, 5.74) is 0.301. The predicted octanol–water partition coefficient (Wildman–Crippen LogP) is 3.43. The molecular weight excluding hydrogens is 291 g/mol. The Hall–Kier alpha value is -2.24. The van der Waals surface area contributed by atoms with Crippen LogP contribution in [0, 0.1) is 0 Å². The number of alkyl halides is 3. The highest BCUT2D eigenvalue weighted by molar-refractivity contribution is 5.49. The fourth-order valence-corrected chi connectivity index (χ4v) is 2.59. The van der Waals surface area contributed by atoms with Crippen molar-refractivity contribution in [3.8, 4) is 0 Å². The van der Waals surface area contributed by atoms with Crippen LogP contribution in [0.25, 0.3) is 0 Å². The molecule has 1 aliphatic rings. The lowest BCUT2D eigenvalue weighted by molar-refractivity contribution is -0.141. The largest absolute Gasteiger partial charge is 0.433 e.